The van der Waals surface area contributed by atoms with Gasteiger partial charge in [-0.15, -0.1) is 0 Å². The standard InChI is InChI=1S/C2H4O2.2BrH.H2O4S/c1-2(3)4;;;1-5(2,3)4/h1H3,(H,3,4);2*1H;(H2,1,2,3,4)/p-4. The smallest absolute Gasteiger partial charge is 0.300 e. The van der Waals surface area contributed by atoms with Gasteiger partial charge in [0.15, 0.2) is 0 Å². The monoisotopic (exact) mass is 314 g/mol. The minimum Gasteiger partial charge on any atom is -1.00 e. The summed E-state index contributed by atoms with van der Waals surface area (Å²) in [7, 11) is -5.17. The topological polar surface area (TPSA) is 118 Å². The third-order valence-corrected chi connectivity index (χ3v) is 0. The minimum absolute atomic E-state index is 0. The Hall–Kier alpha value is 0.300. The third kappa shape index (κ3) is 7880. The first-order chi connectivity index (χ1) is 3.73. The molecule has 1 N–H and O–H groups in total. The van der Waals surface area contributed by atoms with Crippen molar-refractivity contribution in [3.05, 3.63) is 0 Å². The van der Waals surface area contributed by atoms with Crippen LogP contribution in [0.25, 0.3) is 0 Å². The fraction of sp³-hybridized carbons (Fsp3) is 0.500. The van der Waals surface area contributed by atoms with Gasteiger partial charge >= 0.3 is 0 Å². The quantitative estimate of drug-likeness (QED) is 0.350. The fourth-order valence-electron chi connectivity index (χ4n) is 0. The molecule has 0 fully saturated rings. The highest BCUT2D eigenvalue weighted by atomic mass is 79.9. The van der Waals surface area contributed by atoms with Crippen LogP contribution >= 0.6 is 0 Å². The van der Waals surface area contributed by atoms with Crippen molar-refractivity contribution in [3.63, 3.8) is 0 Å². The van der Waals surface area contributed by atoms with Gasteiger partial charge in [0.05, 0.1) is 0 Å². The molecule has 0 unspecified atom stereocenters. The number of carbonyl (C=O) groups is 1. The molecule has 0 radical (unpaired) electrons. The zero-order valence-corrected chi connectivity index (χ0v) is 9.14. The Labute approximate surface area is 84.7 Å². The maximum Gasteiger partial charge on any atom is 0.300 e. The van der Waals surface area contributed by atoms with E-state index in [0.717, 1.165) is 6.92 Å². The summed E-state index contributed by atoms with van der Waals surface area (Å²) >= 11 is 0. The van der Waals surface area contributed by atoms with Crippen LogP contribution in [0.3, 0.4) is 0 Å². The Kier molecular flexibility index (Phi) is 21.1. The van der Waals surface area contributed by atoms with Crippen LogP contribution in [0.5, 0.6) is 0 Å². The largest absolute Gasteiger partial charge is 1.00 e. The van der Waals surface area contributed by atoms with E-state index in [9.17, 15) is 0 Å². The predicted molar refractivity (Wildman–Crippen MR) is 23.8 cm³/mol. The number of halogens is 2. The second kappa shape index (κ2) is 10.3. The Morgan fingerprint density at radius 2 is 1.27 bits per heavy atom. The van der Waals surface area contributed by atoms with Gasteiger partial charge in [0.2, 0.25) is 0 Å². The van der Waals surface area contributed by atoms with E-state index in [1.165, 1.54) is 0 Å². The highest BCUT2D eigenvalue weighted by molar-refractivity contribution is 7.79. The maximum atomic E-state index is 9.00. The Morgan fingerprint density at radius 1 is 1.27 bits per heavy atom. The normalized spacial score (nSPS) is 7.55. The molecule has 0 aliphatic rings. The summed E-state index contributed by atoms with van der Waals surface area (Å²) in [5, 5.41) is 7.42. The molecule has 0 rings (SSSR count). The number of hydrogen-bond donors (Lipinski definition) is 1. The molecule has 9 heteroatoms. The predicted octanol–water partition coefficient (Wildman–Crippen LogP) is -7.24. The van der Waals surface area contributed by atoms with Crippen LogP contribution in [-0.4, -0.2) is 28.6 Å². The fourth-order valence-corrected chi connectivity index (χ4v) is 0. The molecule has 0 aliphatic heterocycles. The van der Waals surface area contributed by atoms with Gasteiger partial charge in [-0.3, -0.25) is 13.2 Å². The lowest BCUT2D eigenvalue weighted by Crippen LogP contribution is -3.00. The number of hydrogen-bond acceptors (Lipinski definition) is 5. The van der Waals surface area contributed by atoms with E-state index in [1.807, 2.05) is 0 Å². The summed E-state index contributed by atoms with van der Waals surface area (Å²) in [6.45, 7) is 1.08. The molecule has 0 amide bonds. The maximum absolute atomic E-state index is 9.00. The van der Waals surface area contributed by atoms with Gasteiger partial charge in [0, 0.05) is 17.3 Å². The van der Waals surface area contributed by atoms with Crippen LogP contribution in [0, 0.1) is 0 Å². The van der Waals surface area contributed by atoms with Crippen molar-refractivity contribution in [2.75, 3.05) is 0 Å². The molecule has 0 spiro atoms. The van der Waals surface area contributed by atoms with Crippen molar-refractivity contribution in [1.82, 2.24) is 0 Å². The summed E-state index contributed by atoms with van der Waals surface area (Å²) < 4.78 is 34.1. The number of rotatable bonds is 0. The van der Waals surface area contributed by atoms with E-state index in [0.29, 0.717) is 0 Å². The van der Waals surface area contributed by atoms with Gasteiger partial charge in [-0.25, -0.2) is 0 Å². The van der Waals surface area contributed by atoms with E-state index in [4.69, 9.17) is 27.4 Å². The van der Waals surface area contributed by atoms with E-state index in [2.05, 4.69) is 0 Å². The lowest BCUT2D eigenvalue weighted by molar-refractivity contribution is -0.134. The Balaban J connectivity index is -0.0000000383. The molecule has 0 atom stereocenters. The van der Waals surface area contributed by atoms with Gasteiger partial charge in [0.1, 0.15) is 0 Å². The molecule has 72 valence electrons. The number of carboxylic acid groups (broad SMARTS) is 1. The van der Waals surface area contributed by atoms with Crippen molar-refractivity contribution in [3.8, 4) is 0 Å². The Morgan fingerprint density at radius 3 is 1.27 bits per heavy atom. The van der Waals surface area contributed by atoms with Gasteiger partial charge in [-0.05, 0) is 0 Å². The highest BCUT2D eigenvalue weighted by Crippen LogP contribution is 1.57. The highest BCUT2D eigenvalue weighted by Gasteiger charge is 1.65. The summed E-state index contributed by atoms with van der Waals surface area (Å²) in [6.07, 6.45) is 0. The first kappa shape index (κ1) is 22.5. The third-order valence-electron chi connectivity index (χ3n) is 0. The van der Waals surface area contributed by atoms with Crippen LogP contribution in [-0.2, 0) is 15.2 Å². The van der Waals surface area contributed by atoms with Crippen LogP contribution in [0.1, 0.15) is 6.92 Å². The van der Waals surface area contributed by atoms with Crippen LogP contribution < -0.4 is 34.0 Å². The van der Waals surface area contributed by atoms with Gasteiger partial charge in [-0.2, -0.15) is 0 Å². The average molecular weight is 316 g/mol. The van der Waals surface area contributed by atoms with Crippen LogP contribution in [0.15, 0.2) is 0 Å². The van der Waals surface area contributed by atoms with Crippen molar-refractivity contribution in [1.29, 1.82) is 0 Å². The summed E-state index contributed by atoms with van der Waals surface area (Å²) in [5.74, 6) is -0.833. The minimum atomic E-state index is -5.17. The van der Waals surface area contributed by atoms with Gasteiger partial charge in [0.25, 0.3) is 5.97 Å². The first-order valence-corrected chi connectivity index (χ1v) is 2.93. The molecule has 0 heterocycles. The van der Waals surface area contributed by atoms with E-state index < -0.39 is 16.4 Å². The van der Waals surface area contributed by atoms with Gasteiger partial charge in [-0.1, -0.05) is 0 Å². The molecular formula is C2H4Br2O6S-4. The van der Waals surface area contributed by atoms with Crippen LogP contribution in [0.4, 0.5) is 0 Å². The summed E-state index contributed by atoms with van der Waals surface area (Å²) in [6, 6.07) is 0. The molecule has 0 aliphatic carbocycles. The van der Waals surface area contributed by atoms with E-state index in [1.54, 1.807) is 0 Å². The lowest BCUT2D eigenvalue weighted by atomic mass is 10.9. The summed E-state index contributed by atoms with van der Waals surface area (Å²) in [4.78, 5) is 9.00. The molecule has 0 saturated carbocycles. The van der Waals surface area contributed by atoms with Crippen molar-refractivity contribution >= 4 is 16.4 Å². The molecule has 11 heavy (non-hydrogen) atoms. The number of carboxylic acids is 1. The Bertz CT molecular complexity index is 161. The SMILES string of the molecule is CC(=O)O.O=S(=O)([O-])[O-].[Br-].[Br-]. The number of aliphatic carboxylic acids is 1. The van der Waals surface area contributed by atoms with E-state index in [-0.39, 0.29) is 34.0 Å². The zero-order valence-electron chi connectivity index (χ0n) is 5.15. The first-order valence-electron chi connectivity index (χ1n) is 1.59. The van der Waals surface area contributed by atoms with E-state index >= 15 is 0 Å². The zero-order chi connectivity index (χ0) is 8.08. The second-order valence-electron chi connectivity index (χ2n) is 0.927. The molecule has 0 aromatic rings. The lowest BCUT2D eigenvalue weighted by Gasteiger charge is -2.06. The van der Waals surface area contributed by atoms with Crippen LogP contribution in [0.2, 0.25) is 0 Å². The van der Waals surface area contributed by atoms with Crippen molar-refractivity contribution in [2.45, 2.75) is 6.92 Å². The van der Waals surface area contributed by atoms with Crippen molar-refractivity contribution < 1.29 is 61.4 Å². The molecular weight excluding hydrogens is 312 g/mol. The molecule has 0 aromatic heterocycles. The molecule has 0 saturated heterocycles. The molecule has 6 nitrogen and oxygen atoms in total. The molecule has 0 aromatic carbocycles. The average Bonchev–Trinajstić information content (AvgIpc) is 1.19. The van der Waals surface area contributed by atoms with Crippen molar-refractivity contribution in [2.24, 2.45) is 0 Å². The molecule has 0 bridgehead atoms. The second-order valence-corrected chi connectivity index (χ2v) is 1.74. The van der Waals surface area contributed by atoms with Gasteiger partial charge < -0.3 is 48.2 Å². The summed E-state index contributed by atoms with van der Waals surface area (Å²) in [5.41, 5.74) is 0.